The first-order valence-corrected chi connectivity index (χ1v) is 13.2. The van der Waals surface area contributed by atoms with Gasteiger partial charge >= 0.3 is 0 Å². The minimum Gasteiger partial charge on any atom is -0.507 e. The number of nitrogens with zero attached hydrogens (tertiary/aromatic N) is 6. The number of hydrogen-bond acceptors (Lipinski definition) is 9. The van der Waals surface area contributed by atoms with Gasteiger partial charge in [-0.05, 0) is 64.5 Å². The fraction of sp³-hybridized carbons (Fsp3) is 0.500. The highest BCUT2D eigenvalue weighted by atomic mass is 32.1. The van der Waals surface area contributed by atoms with Gasteiger partial charge in [-0.25, -0.2) is 14.4 Å². The molecule has 2 bridgehead atoms. The van der Waals surface area contributed by atoms with E-state index in [0.29, 0.717) is 39.1 Å². The average molecular weight is 506 g/mol. The second kappa shape index (κ2) is 8.46. The molecule has 4 heterocycles. The molecule has 3 aromatic rings. The molecule has 2 aliphatic heterocycles. The number of benzene rings is 1. The van der Waals surface area contributed by atoms with Gasteiger partial charge in [-0.3, -0.25) is 0 Å². The highest BCUT2D eigenvalue weighted by Crippen LogP contribution is 2.46. The Morgan fingerprint density at radius 3 is 2.69 bits per heavy atom. The maximum atomic E-state index is 16.0. The third-order valence-electron chi connectivity index (χ3n) is 7.83. The molecule has 3 aliphatic rings. The Balaban J connectivity index is 1.28. The molecular weight excluding hydrogens is 477 g/mol. The molecule has 2 saturated heterocycles. The predicted octanol–water partition coefficient (Wildman–Crippen LogP) is 4.61. The maximum absolute atomic E-state index is 16.0. The summed E-state index contributed by atoms with van der Waals surface area (Å²) in [6, 6.07) is 7.18. The van der Waals surface area contributed by atoms with Crippen LogP contribution in [0.5, 0.6) is 5.75 Å². The molecular formula is C26H28FN7OS. The van der Waals surface area contributed by atoms with Gasteiger partial charge in [0.15, 0.2) is 0 Å². The zero-order valence-corrected chi connectivity index (χ0v) is 21.1. The lowest BCUT2D eigenvalue weighted by molar-refractivity contribution is 0.0000874. The van der Waals surface area contributed by atoms with Gasteiger partial charge in [-0.15, -0.1) is 21.5 Å². The number of rotatable bonds is 5. The minimum atomic E-state index is -1.03. The number of nitrogens with one attached hydrogen (secondary N) is 1. The highest BCUT2D eigenvalue weighted by molar-refractivity contribution is 7.15. The maximum Gasteiger partial charge on any atom is 0.245 e. The summed E-state index contributed by atoms with van der Waals surface area (Å²) < 4.78 is 16.0. The van der Waals surface area contributed by atoms with E-state index < -0.39 is 11.7 Å². The molecule has 0 radical (unpaired) electrons. The zero-order valence-electron chi connectivity index (χ0n) is 20.3. The molecule has 6 rings (SSSR count). The van der Waals surface area contributed by atoms with Gasteiger partial charge in [0.25, 0.3) is 0 Å². The molecule has 1 aliphatic carbocycles. The Kier molecular flexibility index (Phi) is 5.46. The van der Waals surface area contributed by atoms with Crippen LogP contribution in [-0.4, -0.2) is 54.6 Å². The summed E-state index contributed by atoms with van der Waals surface area (Å²) in [6.07, 6.45) is 7.69. The van der Waals surface area contributed by atoms with Gasteiger partial charge < -0.3 is 15.3 Å². The van der Waals surface area contributed by atoms with E-state index in [4.69, 9.17) is 5.26 Å². The Morgan fingerprint density at radius 2 is 2.03 bits per heavy atom. The second-order valence-electron chi connectivity index (χ2n) is 10.8. The molecule has 0 unspecified atom stereocenters. The number of nitriles is 1. The summed E-state index contributed by atoms with van der Waals surface area (Å²) in [7, 11) is 0. The van der Waals surface area contributed by atoms with E-state index in [1.165, 1.54) is 17.5 Å². The highest BCUT2D eigenvalue weighted by Gasteiger charge is 2.56. The normalized spacial score (nSPS) is 29.5. The van der Waals surface area contributed by atoms with Crippen LogP contribution in [-0.2, 0) is 0 Å². The SMILES string of the molecule is C[C@]12CCC[C@](C)(N1)[C@H](F)[C@H](N(c1ncc(-c3ccc(-c4ncc(C#N)s4)cc3O)nn1)C1CC1)C2. The van der Waals surface area contributed by atoms with Crippen LogP contribution < -0.4 is 10.2 Å². The van der Waals surface area contributed by atoms with Crippen molar-refractivity contribution in [3.63, 3.8) is 0 Å². The van der Waals surface area contributed by atoms with Crippen molar-refractivity contribution in [2.75, 3.05) is 4.90 Å². The molecule has 3 fully saturated rings. The first-order valence-electron chi connectivity index (χ1n) is 12.4. The summed E-state index contributed by atoms with van der Waals surface area (Å²) >= 11 is 1.26. The molecule has 10 heteroatoms. The van der Waals surface area contributed by atoms with Gasteiger partial charge in [-0.1, -0.05) is 6.07 Å². The number of phenols is 1. The third kappa shape index (κ3) is 4.00. The van der Waals surface area contributed by atoms with E-state index in [9.17, 15) is 5.11 Å². The number of fused-ring (bicyclic) bond motifs is 2. The number of aromatic hydroxyl groups is 1. The molecule has 2 N–H and O–H groups in total. The van der Waals surface area contributed by atoms with E-state index in [0.717, 1.165) is 32.1 Å². The van der Waals surface area contributed by atoms with Crippen LogP contribution in [0, 0.1) is 11.3 Å². The van der Waals surface area contributed by atoms with Gasteiger partial charge in [0, 0.05) is 28.2 Å². The molecule has 0 spiro atoms. The van der Waals surface area contributed by atoms with Gasteiger partial charge in [0.1, 0.15) is 33.6 Å². The van der Waals surface area contributed by atoms with Crippen molar-refractivity contribution in [3.05, 3.63) is 35.5 Å². The quantitative estimate of drug-likeness (QED) is 0.517. The van der Waals surface area contributed by atoms with Gasteiger partial charge in [0.05, 0.1) is 18.4 Å². The molecule has 2 aromatic heterocycles. The van der Waals surface area contributed by atoms with E-state index in [2.05, 4.69) is 43.4 Å². The Hall–Kier alpha value is -3.16. The summed E-state index contributed by atoms with van der Waals surface area (Å²) in [4.78, 5) is 11.4. The molecule has 4 atom stereocenters. The summed E-state index contributed by atoms with van der Waals surface area (Å²) in [5.74, 6) is 0.476. The third-order valence-corrected chi connectivity index (χ3v) is 8.78. The number of phenolic OH excluding ortho intramolecular Hbond substituents is 1. The standard InChI is InChI=1S/C26H28FN7OS/c1-25-8-3-9-26(2,33-25)22(27)20(11-25)34(16-5-6-16)24-30-14-19(31-32-24)18-7-4-15(10-21(18)35)23-29-13-17(12-28)36-23/h4,7,10,13-14,16,20,22,33,35H,3,5-6,8-9,11H2,1-2H3/t20-,22-,25-,26+/m1/s1. The van der Waals surface area contributed by atoms with Crippen molar-refractivity contribution in [2.24, 2.45) is 0 Å². The number of aromatic nitrogens is 4. The van der Waals surface area contributed by atoms with Crippen LogP contribution in [0.25, 0.3) is 21.8 Å². The van der Waals surface area contributed by atoms with Crippen LogP contribution in [0.3, 0.4) is 0 Å². The van der Waals surface area contributed by atoms with Crippen molar-refractivity contribution in [3.8, 4) is 33.6 Å². The number of thiazole rings is 1. The topological polar surface area (TPSA) is 111 Å². The van der Waals surface area contributed by atoms with Crippen LogP contribution in [0.4, 0.5) is 10.3 Å². The molecule has 186 valence electrons. The predicted molar refractivity (Wildman–Crippen MR) is 135 cm³/mol. The lowest BCUT2D eigenvalue weighted by Gasteiger charge is -2.57. The van der Waals surface area contributed by atoms with Crippen molar-refractivity contribution >= 4 is 17.3 Å². The number of halogens is 1. The monoisotopic (exact) mass is 505 g/mol. The van der Waals surface area contributed by atoms with Crippen molar-refractivity contribution in [2.45, 2.75) is 81.7 Å². The smallest absolute Gasteiger partial charge is 0.245 e. The minimum absolute atomic E-state index is 0.0277. The second-order valence-corrected chi connectivity index (χ2v) is 11.8. The fourth-order valence-corrected chi connectivity index (χ4v) is 6.75. The number of anilines is 1. The van der Waals surface area contributed by atoms with E-state index >= 15 is 4.39 Å². The van der Waals surface area contributed by atoms with Gasteiger partial charge in [0.2, 0.25) is 5.95 Å². The first-order chi connectivity index (χ1) is 17.3. The molecule has 1 saturated carbocycles. The van der Waals surface area contributed by atoms with Crippen LogP contribution in [0.2, 0.25) is 0 Å². The number of alkyl halides is 1. The zero-order chi connectivity index (χ0) is 25.1. The number of hydrogen-bond donors (Lipinski definition) is 2. The molecule has 0 amide bonds. The Bertz CT molecular complexity index is 1340. The van der Waals surface area contributed by atoms with Crippen LogP contribution >= 0.6 is 11.3 Å². The Labute approximate surface area is 213 Å². The lowest BCUT2D eigenvalue weighted by atomic mass is 9.68. The van der Waals surface area contributed by atoms with Crippen LogP contribution in [0.1, 0.15) is 57.2 Å². The molecule has 1 aromatic carbocycles. The van der Waals surface area contributed by atoms with Gasteiger partial charge in [-0.2, -0.15) is 5.26 Å². The molecule has 36 heavy (non-hydrogen) atoms. The number of piperidine rings is 2. The first kappa shape index (κ1) is 23.3. The van der Waals surface area contributed by atoms with E-state index in [1.54, 1.807) is 18.3 Å². The lowest BCUT2D eigenvalue weighted by Crippen LogP contribution is -2.73. The van der Waals surface area contributed by atoms with Crippen molar-refractivity contribution in [1.29, 1.82) is 5.26 Å². The summed E-state index contributed by atoms with van der Waals surface area (Å²) in [5, 5.41) is 32.8. The van der Waals surface area contributed by atoms with Crippen molar-refractivity contribution < 1.29 is 9.50 Å². The fourth-order valence-electron chi connectivity index (χ4n) is 6.04. The van der Waals surface area contributed by atoms with Crippen molar-refractivity contribution in [1.82, 2.24) is 25.5 Å². The Morgan fingerprint density at radius 1 is 1.19 bits per heavy atom. The largest absolute Gasteiger partial charge is 0.507 e. The van der Waals surface area contributed by atoms with E-state index in [-0.39, 0.29) is 23.4 Å². The van der Waals surface area contributed by atoms with E-state index in [1.807, 2.05) is 13.0 Å². The average Bonchev–Trinajstić information content (AvgIpc) is 3.57. The summed E-state index contributed by atoms with van der Waals surface area (Å²) in [5.41, 5.74) is 1.01. The van der Waals surface area contributed by atoms with Crippen LogP contribution in [0.15, 0.2) is 30.6 Å². The molecule has 8 nitrogen and oxygen atoms in total. The summed E-state index contributed by atoms with van der Waals surface area (Å²) in [6.45, 7) is 4.21.